The topological polar surface area (TPSA) is 86.7 Å². The molecule has 1 aromatic rings. The Morgan fingerprint density at radius 3 is 2.03 bits per heavy atom. The van der Waals surface area contributed by atoms with Gasteiger partial charge >= 0.3 is 12.1 Å². The summed E-state index contributed by atoms with van der Waals surface area (Å²) in [5, 5.41) is 13.1. The summed E-state index contributed by atoms with van der Waals surface area (Å²) in [7, 11) is 0. The van der Waals surface area contributed by atoms with Gasteiger partial charge in [0.25, 0.3) is 0 Å². The van der Waals surface area contributed by atoms with E-state index in [1.807, 2.05) is 0 Å². The molecule has 0 radical (unpaired) electrons. The highest BCUT2D eigenvalue weighted by molar-refractivity contribution is 6.10. The third-order valence-electron chi connectivity index (χ3n) is 6.13. The van der Waals surface area contributed by atoms with Crippen molar-refractivity contribution < 1.29 is 32.7 Å². The molecule has 4 atom stereocenters. The summed E-state index contributed by atoms with van der Waals surface area (Å²) in [6.07, 6.45) is -4.52. The zero-order chi connectivity index (χ0) is 22.8. The van der Waals surface area contributed by atoms with Gasteiger partial charge in [0.2, 0.25) is 11.8 Å². The minimum Gasteiger partial charge on any atom is -0.480 e. The molecule has 2 saturated heterocycles. The van der Waals surface area contributed by atoms with Crippen LogP contribution in [0.15, 0.2) is 24.3 Å². The highest BCUT2D eigenvalue weighted by Gasteiger charge is 2.70. The van der Waals surface area contributed by atoms with E-state index < -0.39 is 64.4 Å². The Morgan fingerprint density at radius 1 is 1.10 bits per heavy atom. The predicted octanol–water partition coefficient (Wildman–Crippen LogP) is 3.23. The molecule has 9 heteroatoms. The quantitative estimate of drug-likeness (QED) is 0.725. The van der Waals surface area contributed by atoms with E-state index >= 15 is 0 Å². The Morgan fingerprint density at radius 2 is 1.63 bits per heavy atom. The third kappa shape index (κ3) is 3.10. The van der Waals surface area contributed by atoms with Crippen LogP contribution in [0.2, 0.25) is 0 Å². The predicted molar refractivity (Wildman–Crippen MR) is 101 cm³/mol. The Hall–Kier alpha value is -2.42. The number of carbonyl (C=O) groups is 3. The van der Waals surface area contributed by atoms with Gasteiger partial charge < -0.3 is 5.11 Å². The number of aliphatic carboxylic acids is 1. The highest BCUT2D eigenvalue weighted by Crippen LogP contribution is 2.52. The summed E-state index contributed by atoms with van der Waals surface area (Å²) in [6.45, 7) is 8.34. The normalized spacial score (nSPS) is 29.6. The monoisotopic (exact) mass is 426 g/mol. The molecule has 164 valence electrons. The fourth-order valence-corrected chi connectivity index (χ4v) is 4.74. The summed E-state index contributed by atoms with van der Waals surface area (Å²) in [6, 6.07) is 3.34. The zero-order valence-corrected chi connectivity index (χ0v) is 17.4. The molecule has 2 aliphatic heterocycles. The van der Waals surface area contributed by atoms with Crippen molar-refractivity contribution in [1.29, 1.82) is 0 Å². The van der Waals surface area contributed by atoms with Crippen LogP contribution in [-0.4, -0.2) is 38.9 Å². The number of rotatable bonds is 3. The van der Waals surface area contributed by atoms with Gasteiger partial charge in [-0.15, -0.1) is 0 Å². The first-order valence-electron chi connectivity index (χ1n) is 9.70. The SMILES string of the molecule is CC(C)C1(C(=O)O)NC(c2ccc(C(F)(F)F)cc2)C2C(=O)N(C(C)(C)C)C(=O)C21. The maximum Gasteiger partial charge on any atom is 0.416 e. The van der Waals surface area contributed by atoms with E-state index in [1.54, 1.807) is 34.6 Å². The average molecular weight is 426 g/mol. The molecule has 0 saturated carbocycles. The number of carboxylic acid groups (broad SMARTS) is 1. The number of benzene rings is 1. The molecule has 4 unspecified atom stereocenters. The summed E-state index contributed by atoms with van der Waals surface area (Å²) in [4.78, 5) is 40.0. The summed E-state index contributed by atoms with van der Waals surface area (Å²) in [5.41, 5.74) is -3.09. The van der Waals surface area contributed by atoms with Gasteiger partial charge in [-0.25, -0.2) is 0 Å². The van der Waals surface area contributed by atoms with E-state index in [-0.39, 0.29) is 0 Å². The van der Waals surface area contributed by atoms with E-state index in [0.29, 0.717) is 5.56 Å². The molecule has 2 fully saturated rings. The first kappa shape index (κ1) is 22.3. The van der Waals surface area contributed by atoms with Crippen molar-refractivity contribution in [2.24, 2.45) is 17.8 Å². The second kappa shape index (κ2) is 6.80. The Balaban J connectivity index is 2.15. The van der Waals surface area contributed by atoms with Crippen LogP contribution in [0.4, 0.5) is 13.2 Å². The molecule has 1 aromatic carbocycles. The molecule has 6 nitrogen and oxygen atoms in total. The maximum absolute atomic E-state index is 13.3. The van der Waals surface area contributed by atoms with Crippen molar-refractivity contribution in [1.82, 2.24) is 10.2 Å². The van der Waals surface area contributed by atoms with Crippen LogP contribution in [0.1, 0.15) is 51.8 Å². The summed E-state index contributed by atoms with van der Waals surface area (Å²) >= 11 is 0. The Labute approximate surface area is 172 Å². The van der Waals surface area contributed by atoms with Gasteiger partial charge in [-0.3, -0.25) is 24.6 Å². The minimum atomic E-state index is -4.52. The Bertz CT molecular complexity index is 889. The van der Waals surface area contributed by atoms with E-state index in [1.165, 1.54) is 12.1 Å². The van der Waals surface area contributed by atoms with Gasteiger partial charge in [-0.2, -0.15) is 13.2 Å². The minimum absolute atomic E-state index is 0.332. The molecular weight excluding hydrogens is 401 g/mol. The lowest BCUT2D eigenvalue weighted by Gasteiger charge is -2.37. The number of nitrogens with zero attached hydrogens (tertiary/aromatic N) is 1. The third-order valence-corrected chi connectivity index (χ3v) is 6.13. The number of imide groups is 1. The van der Waals surface area contributed by atoms with Crippen molar-refractivity contribution in [2.45, 2.75) is 57.9 Å². The number of amides is 2. The van der Waals surface area contributed by atoms with Gasteiger partial charge in [0.15, 0.2) is 0 Å². The second-order valence-electron chi connectivity index (χ2n) is 9.26. The molecule has 2 heterocycles. The van der Waals surface area contributed by atoms with Crippen molar-refractivity contribution in [3.63, 3.8) is 0 Å². The average Bonchev–Trinajstić information content (AvgIpc) is 3.09. The van der Waals surface area contributed by atoms with Crippen LogP contribution in [0.5, 0.6) is 0 Å². The fraction of sp³-hybridized carbons (Fsp3) is 0.571. The van der Waals surface area contributed by atoms with Gasteiger partial charge in [-0.1, -0.05) is 26.0 Å². The number of hydrogen-bond donors (Lipinski definition) is 2. The van der Waals surface area contributed by atoms with Gasteiger partial charge in [0.05, 0.1) is 17.4 Å². The van der Waals surface area contributed by atoms with Crippen LogP contribution in [-0.2, 0) is 20.6 Å². The lowest BCUT2D eigenvalue weighted by Crippen LogP contribution is -2.60. The highest BCUT2D eigenvalue weighted by atomic mass is 19.4. The number of hydrogen-bond acceptors (Lipinski definition) is 4. The first-order chi connectivity index (χ1) is 13.6. The van der Waals surface area contributed by atoms with Crippen molar-refractivity contribution in [3.8, 4) is 0 Å². The summed E-state index contributed by atoms with van der Waals surface area (Å²) < 4.78 is 38.8. The fourth-order valence-electron chi connectivity index (χ4n) is 4.74. The molecule has 2 amide bonds. The van der Waals surface area contributed by atoms with Crippen molar-refractivity contribution in [2.75, 3.05) is 0 Å². The molecule has 0 aliphatic carbocycles. The number of halogens is 3. The number of likely N-dealkylation sites (tertiary alicyclic amines) is 1. The van der Waals surface area contributed by atoms with Crippen LogP contribution in [0.25, 0.3) is 0 Å². The molecule has 30 heavy (non-hydrogen) atoms. The first-order valence-corrected chi connectivity index (χ1v) is 9.70. The Kier molecular flexibility index (Phi) is 5.05. The molecule has 2 N–H and O–H groups in total. The summed E-state index contributed by atoms with van der Waals surface area (Å²) in [5.74, 6) is -5.09. The van der Waals surface area contributed by atoms with E-state index in [4.69, 9.17) is 0 Å². The maximum atomic E-state index is 13.3. The smallest absolute Gasteiger partial charge is 0.416 e. The molecule has 0 aromatic heterocycles. The second-order valence-corrected chi connectivity index (χ2v) is 9.26. The molecule has 0 spiro atoms. The van der Waals surface area contributed by atoms with Crippen LogP contribution >= 0.6 is 0 Å². The number of fused-ring (bicyclic) bond motifs is 1. The zero-order valence-electron chi connectivity index (χ0n) is 17.4. The van der Waals surface area contributed by atoms with Crippen molar-refractivity contribution in [3.05, 3.63) is 35.4 Å². The molecule has 0 bridgehead atoms. The van der Waals surface area contributed by atoms with Gasteiger partial charge in [0.1, 0.15) is 5.54 Å². The van der Waals surface area contributed by atoms with Gasteiger partial charge in [-0.05, 0) is 44.4 Å². The number of carbonyl (C=O) groups excluding carboxylic acids is 2. The largest absolute Gasteiger partial charge is 0.480 e. The number of alkyl halides is 3. The lowest BCUT2D eigenvalue weighted by molar-refractivity contribution is -0.155. The molecule has 3 rings (SSSR count). The lowest BCUT2D eigenvalue weighted by atomic mass is 9.73. The van der Waals surface area contributed by atoms with Crippen LogP contribution in [0, 0.1) is 17.8 Å². The molecular formula is C21H25F3N2O4. The van der Waals surface area contributed by atoms with Gasteiger partial charge in [0, 0.05) is 11.6 Å². The molecule has 2 aliphatic rings. The standard InChI is InChI=1S/C21H25F3N2O4/c1-10(2)20(18(29)30)14-13(16(27)26(17(14)28)19(3,4)5)15(25-20)11-6-8-12(9-7-11)21(22,23)24/h6-10,13-15,25H,1-5H3,(H,29,30). The van der Waals surface area contributed by atoms with Crippen molar-refractivity contribution >= 4 is 17.8 Å². The van der Waals surface area contributed by atoms with Crippen LogP contribution in [0.3, 0.4) is 0 Å². The van der Waals surface area contributed by atoms with E-state index in [9.17, 15) is 32.7 Å². The van der Waals surface area contributed by atoms with E-state index in [2.05, 4.69) is 5.32 Å². The number of carboxylic acids is 1. The van der Waals surface area contributed by atoms with E-state index in [0.717, 1.165) is 17.0 Å². The van der Waals surface area contributed by atoms with Crippen LogP contribution < -0.4 is 5.32 Å². The number of nitrogens with one attached hydrogen (secondary N) is 1.